The van der Waals surface area contributed by atoms with Gasteiger partial charge < -0.3 is 19.7 Å². The van der Waals surface area contributed by atoms with Gasteiger partial charge in [-0.15, -0.1) is 0 Å². The summed E-state index contributed by atoms with van der Waals surface area (Å²) in [5.74, 6) is -0.369. The van der Waals surface area contributed by atoms with Crippen LogP contribution in [0.4, 0.5) is 10.2 Å². The van der Waals surface area contributed by atoms with Crippen molar-refractivity contribution in [2.24, 2.45) is 0 Å². The molecule has 0 radical (unpaired) electrons. The lowest BCUT2D eigenvalue weighted by molar-refractivity contribution is 0.0692. The molecule has 0 saturated carbocycles. The van der Waals surface area contributed by atoms with Crippen LogP contribution in [-0.4, -0.2) is 38.8 Å². The quantitative estimate of drug-likeness (QED) is 0.392. The highest BCUT2D eigenvalue weighted by Gasteiger charge is 2.14. The molecule has 2 N–H and O–H groups in total. The number of aromatic nitrogens is 3. The zero-order valence-electron chi connectivity index (χ0n) is 18.7. The number of hydrogen-bond acceptors (Lipinski definition) is 5. The number of nitrogens with zero attached hydrogens (tertiary/aromatic N) is 3. The first-order valence-electron chi connectivity index (χ1n) is 10.7. The number of rotatable bonds is 8. The van der Waals surface area contributed by atoms with Crippen molar-refractivity contribution in [2.45, 2.75) is 27.3 Å². The van der Waals surface area contributed by atoms with E-state index in [1.54, 1.807) is 31.2 Å². The van der Waals surface area contributed by atoms with Gasteiger partial charge in [0.05, 0.1) is 17.8 Å². The molecular formula is C25H25FN4O3. The zero-order valence-corrected chi connectivity index (χ0v) is 18.7. The Balaban J connectivity index is 1.53. The van der Waals surface area contributed by atoms with E-state index in [1.807, 2.05) is 24.5 Å². The molecule has 0 amide bonds. The topological polar surface area (TPSA) is 89.3 Å². The Morgan fingerprint density at radius 3 is 2.73 bits per heavy atom. The monoisotopic (exact) mass is 448 g/mol. The summed E-state index contributed by atoms with van der Waals surface area (Å²) in [6, 6.07) is 12.0. The summed E-state index contributed by atoms with van der Waals surface area (Å²) in [5.41, 5.74) is 4.10. The first-order chi connectivity index (χ1) is 15.9. The third-order valence-corrected chi connectivity index (χ3v) is 5.55. The third kappa shape index (κ3) is 4.50. The van der Waals surface area contributed by atoms with Crippen LogP contribution in [0.2, 0.25) is 0 Å². The van der Waals surface area contributed by atoms with Crippen molar-refractivity contribution < 1.29 is 19.0 Å². The molecule has 4 aromatic rings. The zero-order chi connectivity index (χ0) is 23.5. The van der Waals surface area contributed by atoms with Gasteiger partial charge in [0.25, 0.3) is 0 Å². The summed E-state index contributed by atoms with van der Waals surface area (Å²) in [6.07, 6.45) is 1.45. The molecule has 0 spiro atoms. The van der Waals surface area contributed by atoms with Gasteiger partial charge in [-0.25, -0.2) is 19.2 Å². The molecule has 0 atom stereocenters. The fraction of sp³-hybridized carbons (Fsp3) is 0.240. The molecule has 8 heteroatoms. The van der Waals surface area contributed by atoms with E-state index in [4.69, 9.17) is 4.74 Å². The van der Waals surface area contributed by atoms with E-state index in [0.717, 1.165) is 22.2 Å². The fourth-order valence-corrected chi connectivity index (χ4v) is 3.93. The van der Waals surface area contributed by atoms with Crippen LogP contribution in [0.1, 0.15) is 28.5 Å². The normalized spacial score (nSPS) is 11.0. The lowest BCUT2D eigenvalue weighted by Gasteiger charge is -2.12. The number of benzene rings is 2. The molecule has 7 nitrogen and oxygen atoms in total. The number of carboxylic acid groups (broad SMARTS) is 1. The maximum Gasteiger partial charge on any atom is 0.339 e. The second-order valence-electron chi connectivity index (χ2n) is 7.73. The molecule has 0 saturated heterocycles. The molecule has 2 heterocycles. The second-order valence-corrected chi connectivity index (χ2v) is 7.73. The number of ether oxygens (including phenoxy) is 1. The Labute approximate surface area is 190 Å². The van der Waals surface area contributed by atoms with Crippen LogP contribution < -0.4 is 10.1 Å². The van der Waals surface area contributed by atoms with Crippen molar-refractivity contribution >= 4 is 22.7 Å². The van der Waals surface area contributed by atoms with Gasteiger partial charge in [-0.1, -0.05) is 12.1 Å². The standard InChI is InChI=1S/C25H25FN4O3/c1-4-33-22-12-17(6-7-18(22)25(31)32)21-13-23(29-14-28-21)27-9-10-30-16(3)11-19-15(2)5-8-20(26)24(19)30/h5-8,11-14H,4,9-10H2,1-3H3,(H,31,32)(H,27,28,29). The average Bonchev–Trinajstić information content (AvgIpc) is 3.14. The van der Waals surface area contributed by atoms with E-state index in [-0.39, 0.29) is 11.4 Å². The molecule has 170 valence electrons. The third-order valence-electron chi connectivity index (χ3n) is 5.55. The van der Waals surface area contributed by atoms with Gasteiger partial charge in [0.2, 0.25) is 0 Å². The van der Waals surface area contributed by atoms with Crippen molar-refractivity contribution in [3.63, 3.8) is 0 Å². The number of hydrogen-bond donors (Lipinski definition) is 2. The van der Waals surface area contributed by atoms with E-state index < -0.39 is 5.97 Å². The summed E-state index contributed by atoms with van der Waals surface area (Å²) >= 11 is 0. The number of carbonyl (C=O) groups is 1. The smallest absolute Gasteiger partial charge is 0.339 e. The van der Waals surface area contributed by atoms with E-state index in [0.29, 0.717) is 42.5 Å². The first kappa shape index (κ1) is 22.3. The van der Waals surface area contributed by atoms with Crippen LogP contribution in [-0.2, 0) is 6.54 Å². The number of halogens is 1. The lowest BCUT2D eigenvalue weighted by Crippen LogP contribution is -2.13. The minimum absolute atomic E-state index is 0.102. The molecule has 0 bridgehead atoms. The van der Waals surface area contributed by atoms with Crippen molar-refractivity contribution in [1.82, 2.24) is 14.5 Å². The first-order valence-corrected chi connectivity index (χ1v) is 10.7. The number of nitrogens with one attached hydrogen (secondary N) is 1. The molecule has 0 aliphatic rings. The van der Waals surface area contributed by atoms with Crippen molar-refractivity contribution in [3.8, 4) is 17.0 Å². The molecule has 2 aromatic carbocycles. The fourth-order valence-electron chi connectivity index (χ4n) is 3.93. The summed E-state index contributed by atoms with van der Waals surface area (Å²) in [6.45, 7) is 7.21. The Morgan fingerprint density at radius 1 is 1.15 bits per heavy atom. The SMILES string of the molecule is CCOc1cc(-c2cc(NCCn3c(C)cc4c(C)ccc(F)c43)ncn2)ccc1C(=O)O. The Kier molecular flexibility index (Phi) is 6.26. The van der Waals surface area contributed by atoms with Gasteiger partial charge in [0.15, 0.2) is 0 Å². The van der Waals surface area contributed by atoms with Crippen molar-refractivity contribution in [2.75, 3.05) is 18.5 Å². The molecule has 0 fully saturated rings. The van der Waals surface area contributed by atoms with Crippen LogP contribution in [0.3, 0.4) is 0 Å². The second kappa shape index (κ2) is 9.28. The van der Waals surface area contributed by atoms with E-state index in [9.17, 15) is 14.3 Å². The minimum atomic E-state index is -1.05. The molecule has 4 rings (SSSR count). The maximum atomic E-state index is 14.5. The van der Waals surface area contributed by atoms with Crippen molar-refractivity contribution in [3.05, 3.63) is 71.4 Å². The lowest BCUT2D eigenvalue weighted by atomic mass is 10.1. The summed E-state index contributed by atoms with van der Waals surface area (Å²) in [4.78, 5) is 20.0. The van der Waals surface area contributed by atoms with Gasteiger partial charge in [0.1, 0.15) is 29.3 Å². The van der Waals surface area contributed by atoms with Gasteiger partial charge in [-0.2, -0.15) is 0 Å². The maximum absolute atomic E-state index is 14.5. The number of aromatic carboxylic acids is 1. The Hall–Kier alpha value is -3.94. The largest absolute Gasteiger partial charge is 0.493 e. The highest BCUT2D eigenvalue weighted by molar-refractivity contribution is 5.92. The summed E-state index contributed by atoms with van der Waals surface area (Å²) in [5, 5.41) is 13.5. The number of carboxylic acids is 1. The highest BCUT2D eigenvalue weighted by Crippen LogP contribution is 2.28. The number of aryl methyl sites for hydroxylation is 2. The van der Waals surface area contributed by atoms with Crippen molar-refractivity contribution in [1.29, 1.82) is 0 Å². The molecule has 0 aliphatic heterocycles. The van der Waals surface area contributed by atoms with E-state index >= 15 is 0 Å². The van der Waals surface area contributed by atoms with Gasteiger partial charge in [-0.05, 0) is 50.6 Å². The van der Waals surface area contributed by atoms with E-state index in [2.05, 4.69) is 15.3 Å². The van der Waals surface area contributed by atoms with Crippen LogP contribution >= 0.6 is 0 Å². The molecule has 0 aliphatic carbocycles. The molecule has 0 unspecified atom stereocenters. The predicted molar refractivity (Wildman–Crippen MR) is 125 cm³/mol. The Bertz CT molecular complexity index is 1330. The number of fused-ring (bicyclic) bond motifs is 1. The van der Waals surface area contributed by atoms with Crippen LogP contribution in [0.25, 0.3) is 22.2 Å². The number of anilines is 1. The van der Waals surface area contributed by atoms with E-state index in [1.165, 1.54) is 18.5 Å². The van der Waals surface area contributed by atoms with Crippen LogP contribution in [0.5, 0.6) is 5.75 Å². The molecular weight excluding hydrogens is 423 g/mol. The van der Waals surface area contributed by atoms with Crippen LogP contribution in [0, 0.1) is 19.7 Å². The van der Waals surface area contributed by atoms with Gasteiger partial charge >= 0.3 is 5.97 Å². The average molecular weight is 448 g/mol. The molecule has 2 aromatic heterocycles. The Morgan fingerprint density at radius 2 is 1.97 bits per heavy atom. The molecule has 33 heavy (non-hydrogen) atoms. The van der Waals surface area contributed by atoms with Gasteiger partial charge in [-0.3, -0.25) is 0 Å². The van der Waals surface area contributed by atoms with Gasteiger partial charge in [0, 0.05) is 35.8 Å². The summed E-state index contributed by atoms with van der Waals surface area (Å²) in [7, 11) is 0. The van der Waals surface area contributed by atoms with Crippen LogP contribution in [0.15, 0.2) is 48.8 Å². The minimum Gasteiger partial charge on any atom is -0.493 e. The highest BCUT2D eigenvalue weighted by atomic mass is 19.1. The summed E-state index contributed by atoms with van der Waals surface area (Å²) < 4.78 is 21.9. The predicted octanol–water partition coefficient (Wildman–Crippen LogP) is 5.06.